The van der Waals surface area contributed by atoms with E-state index in [-0.39, 0.29) is 11.5 Å². The number of alkyl halides is 2. The molecular weight excluding hydrogens is 248 g/mol. The quantitative estimate of drug-likeness (QED) is 0.565. The zero-order valence-electron chi connectivity index (χ0n) is 11.7. The summed E-state index contributed by atoms with van der Waals surface area (Å²) in [7, 11) is 10.9. The Bertz CT molecular complexity index is 144. The van der Waals surface area contributed by atoms with E-state index >= 15 is 0 Å². The Labute approximate surface area is 104 Å². The van der Waals surface area contributed by atoms with Crippen LogP contribution in [0.2, 0.25) is 13.1 Å². The average Bonchev–Trinajstić information content (AvgIpc) is 2.01. The highest BCUT2D eigenvalue weighted by molar-refractivity contribution is 7.90. The lowest BCUT2D eigenvalue weighted by Gasteiger charge is -2.20. The second-order valence-electron chi connectivity index (χ2n) is 4.26. The summed E-state index contributed by atoms with van der Waals surface area (Å²) in [5.41, 5.74) is 0. The summed E-state index contributed by atoms with van der Waals surface area (Å²) in [5, 5.41) is 0. The van der Waals surface area contributed by atoms with Gasteiger partial charge in [0.05, 0.1) is 0 Å². The van der Waals surface area contributed by atoms with Gasteiger partial charge in [0.15, 0.2) is 0 Å². The topological polar surface area (TPSA) is 9.72 Å². The van der Waals surface area contributed by atoms with Gasteiger partial charge in [-0.1, -0.05) is 26.0 Å². The van der Waals surface area contributed by atoms with Gasteiger partial charge in [-0.15, -0.1) is 0 Å². The Morgan fingerprint density at radius 3 is 1.00 bits per heavy atom. The maximum atomic E-state index is 11.2. The van der Waals surface area contributed by atoms with E-state index in [0.29, 0.717) is 0 Å². The molecule has 0 aromatic heterocycles. The fourth-order valence-corrected chi connectivity index (χ4v) is 2.94. The molecule has 100 valence electrons. The highest BCUT2D eigenvalue weighted by atomic mass is 32.2. The number of hydrogen-bond acceptors (Lipinski definition) is 3. The molecule has 3 nitrogen and oxygen atoms in total. The SMILES string of the molecule is CN(C)[S+](N(C)C)N(C)C.C[SiH](C)C(F)F. The van der Waals surface area contributed by atoms with Crippen LogP contribution in [0.25, 0.3) is 0 Å². The van der Waals surface area contributed by atoms with Crippen molar-refractivity contribution in [2.24, 2.45) is 0 Å². The highest BCUT2D eigenvalue weighted by Gasteiger charge is 2.29. The maximum Gasteiger partial charge on any atom is 0.266 e. The van der Waals surface area contributed by atoms with E-state index in [1.165, 1.54) is 0 Å². The number of rotatable bonds is 4. The molecule has 0 spiro atoms. The van der Waals surface area contributed by atoms with Crippen LogP contribution in [-0.4, -0.2) is 70.0 Å². The second-order valence-corrected chi connectivity index (χ2v) is 9.93. The molecule has 0 N–H and O–H groups in total. The zero-order chi connectivity index (χ0) is 13.5. The van der Waals surface area contributed by atoms with Gasteiger partial charge in [-0.3, -0.25) is 0 Å². The van der Waals surface area contributed by atoms with Crippen LogP contribution in [0, 0.1) is 0 Å². The summed E-state index contributed by atoms with van der Waals surface area (Å²) < 4.78 is 29.0. The first-order valence-electron chi connectivity index (χ1n) is 5.16. The third kappa shape index (κ3) is 9.53. The van der Waals surface area contributed by atoms with Crippen molar-refractivity contribution in [3.63, 3.8) is 0 Å². The van der Waals surface area contributed by atoms with Gasteiger partial charge < -0.3 is 0 Å². The van der Waals surface area contributed by atoms with Gasteiger partial charge in [0, 0.05) is 42.3 Å². The predicted octanol–water partition coefficient (Wildman–Crippen LogP) is 1.31. The van der Waals surface area contributed by atoms with Crippen molar-refractivity contribution < 1.29 is 8.78 Å². The van der Waals surface area contributed by atoms with Crippen LogP contribution in [-0.2, 0) is 11.5 Å². The lowest BCUT2D eigenvalue weighted by molar-refractivity contribution is 0.234. The molecule has 0 atom stereocenters. The molecule has 0 amide bonds. The third-order valence-corrected chi connectivity index (χ3v) is 4.45. The molecule has 0 heterocycles. The first-order valence-corrected chi connectivity index (χ1v) is 9.23. The van der Waals surface area contributed by atoms with Gasteiger partial charge >= 0.3 is 0 Å². The van der Waals surface area contributed by atoms with Crippen LogP contribution < -0.4 is 0 Å². The molecule has 0 bridgehead atoms. The van der Waals surface area contributed by atoms with Crippen LogP contribution in [0.5, 0.6) is 0 Å². The Kier molecular flexibility index (Phi) is 10.9. The molecule has 0 fully saturated rings. The zero-order valence-corrected chi connectivity index (χ0v) is 13.6. The third-order valence-electron chi connectivity index (χ3n) is 1.48. The molecule has 0 saturated heterocycles. The van der Waals surface area contributed by atoms with Gasteiger partial charge in [-0.2, -0.15) is 0 Å². The van der Waals surface area contributed by atoms with Crippen molar-refractivity contribution in [3.05, 3.63) is 0 Å². The minimum atomic E-state index is -2.01. The predicted molar refractivity (Wildman–Crippen MR) is 73.3 cm³/mol. The number of nitrogens with zero attached hydrogens (tertiary/aromatic N) is 3. The van der Waals surface area contributed by atoms with Crippen molar-refractivity contribution in [3.8, 4) is 0 Å². The summed E-state index contributed by atoms with van der Waals surface area (Å²) in [6.07, 6.45) is 0. The van der Waals surface area contributed by atoms with Crippen LogP contribution in [0.15, 0.2) is 0 Å². The Morgan fingerprint density at radius 2 is 1.00 bits per heavy atom. The molecule has 0 unspecified atom stereocenters. The van der Waals surface area contributed by atoms with E-state index in [9.17, 15) is 8.78 Å². The smallest absolute Gasteiger partial charge is 0.216 e. The summed E-state index contributed by atoms with van der Waals surface area (Å²) in [4.78, 5) is 0. The van der Waals surface area contributed by atoms with Crippen molar-refractivity contribution in [1.29, 1.82) is 0 Å². The monoisotopic (exact) mass is 274 g/mol. The summed E-state index contributed by atoms with van der Waals surface area (Å²) in [6.45, 7) is 3.26. The molecule has 16 heavy (non-hydrogen) atoms. The summed E-state index contributed by atoms with van der Waals surface area (Å²) >= 11 is 0.120. The van der Waals surface area contributed by atoms with E-state index in [2.05, 4.69) is 55.2 Å². The number of hydrogen-bond donors (Lipinski definition) is 0. The largest absolute Gasteiger partial charge is 0.266 e. The fourth-order valence-electron chi connectivity index (χ4n) is 0.980. The average molecular weight is 274 g/mol. The van der Waals surface area contributed by atoms with E-state index in [1.807, 2.05) is 0 Å². The lowest BCUT2D eigenvalue weighted by Crippen LogP contribution is -2.44. The van der Waals surface area contributed by atoms with Crippen molar-refractivity contribution in [1.82, 2.24) is 12.9 Å². The van der Waals surface area contributed by atoms with Gasteiger partial charge in [0.25, 0.3) is 11.5 Å². The standard InChI is InChI=1S/C6H18N3S.C3H8F2Si/c1-7(2)10(8(3)4)9(5)6;1-6(2)3(4)5/h1-6H3;3,6H,1-2H3/q+1;. The van der Waals surface area contributed by atoms with Crippen molar-refractivity contribution in [2.75, 3.05) is 42.3 Å². The molecule has 0 saturated carbocycles. The Morgan fingerprint density at radius 1 is 0.812 bits per heavy atom. The second kappa shape index (κ2) is 9.35. The van der Waals surface area contributed by atoms with Gasteiger partial charge in [-0.25, -0.2) is 8.78 Å². The molecule has 0 aliphatic heterocycles. The molecule has 0 rings (SSSR count). The van der Waals surface area contributed by atoms with Crippen LogP contribution >= 0.6 is 0 Å². The Hall–Kier alpha value is 0.307. The molecule has 0 aliphatic carbocycles. The van der Waals surface area contributed by atoms with E-state index in [4.69, 9.17) is 0 Å². The maximum absolute atomic E-state index is 11.2. The minimum absolute atomic E-state index is 0.120. The molecule has 0 aliphatic rings. The van der Waals surface area contributed by atoms with Crippen LogP contribution in [0.1, 0.15) is 0 Å². The van der Waals surface area contributed by atoms with E-state index in [0.717, 1.165) is 0 Å². The van der Waals surface area contributed by atoms with Crippen molar-refractivity contribution >= 4 is 20.2 Å². The molecule has 0 radical (unpaired) electrons. The molecule has 0 aromatic carbocycles. The number of halogens is 2. The first-order chi connectivity index (χ1) is 7.11. The minimum Gasteiger partial charge on any atom is -0.216 e. The normalized spacial score (nSPS) is 12.0. The molecular formula is C9H26F2N3SSi+. The summed E-state index contributed by atoms with van der Waals surface area (Å²) in [6, 6.07) is -2.01. The van der Waals surface area contributed by atoms with E-state index < -0.39 is 14.8 Å². The van der Waals surface area contributed by atoms with Crippen LogP contribution in [0.3, 0.4) is 0 Å². The van der Waals surface area contributed by atoms with E-state index in [1.54, 1.807) is 13.1 Å². The molecule has 7 heteroatoms. The Balaban J connectivity index is 0. The van der Waals surface area contributed by atoms with Crippen LogP contribution in [0.4, 0.5) is 8.78 Å². The van der Waals surface area contributed by atoms with Gasteiger partial charge in [0.2, 0.25) is 6.05 Å². The van der Waals surface area contributed by atoms with Gasteiger partial charge in [0.1, 0.15) is 8.80 Å². The van der Waals surface area contributed by atoms with Gasteiger partial charge in [-0.05, 0) is 0 Å². The fraction of sp³-hybridized carbons (Fsp3) is 1.00. The van der Waals surface area contributed by atoms with Crippen molar-refractivity contribution in [2.45, 2.75) is 19.1 Å². The lowest BCUT2D eigenvalue weighted by atomic mass is 11.2. The molecule has 0 aromatic rings. The highest BCUT2D eigenvalue weighted by Crippen LogP contribution is 2.05. The first kappa shape index (κ1) is 18.7. The summed E-state index contributed by atoms with van der Waals surface area (Å²) in [5.74, 6) is 0.